The average Bonchev–Trinajstić information content (AvgIpc) is 2.64. The molecular formula is C20H31N3O2. The molecule has 0 saturated carbocycles. The van der Waals surface area contributed by atoms with Crippen molar-refractivity contribution < 1.29 is 9.53 Å². The van der Waals surface area contributed by atoms with Crippen LogP contribution in [0.15, 0.2) is 29.4 Å². The third-order valence-electron chi connectivity index (χ3n) is 4.87. The second kappa shape index (κ2) is 9.56. The van der Waals surface area contributed by atoms with Gasteiger partial charge in [0.2, 0.25) is 0 Å². The number of hydrazone groups is 1. The number of amides is 1. The van der Waals surface area contributed by atoms with Crippen LogP contribution in [0.2, 0.25) is 0 Å². The number of piperidine rings is 1. The van der Waals surface area contributed by atoms with Crippen molar-refractivity contribution in [2.75, 3.05) is 19.7 Å². The highest BCUT2D eigenvalue weighted by Gasteiger charge is 2.17. The van der Waals surface area contributed by atoms with Gasteiger partial charge >= 0.3 is 0 Å². The molecule has 0 radical (unpaired) electrons. The smallest absolute Gasteiger partial charge is 0.277 e. The van der Waals surface area contributed by atoms with E-state index in [4.69, 9.17) is 4.74 Å². The normalized spacial score (nSPS) is 16.6. The van der Waals surface area contributed by atoms with Gasteiger partial charge in [0.15, 0.2) is 6.61 Å². The van der Waals surface area contributed by atoms with E-state index in [0.29, 0.717) is 12.0 Å². The standard InChI is InChI=1S/C20H31N3O2/c1-5-16(4)18-8-6-7-9-19(18)25-14-20(24)22-21-17-10-12-23(13-11-17)15(2)3/h6-9,15-16H,5,10-14H2,1-4H3,(H,22,24). The first-order chi connectivity index (χ1) is 12.0. The van der Waals surface area contributed by atoms with Crippen molar-refractivity contribution in [3.63, 3.8) is 0 Å². The van der Waals surface area contributed by atoms with Gasteiger partial charge in [-0.25, -0.2) is 5.43 Å². The maximum Gasteiger partial charge on any atom is 0.277 e. The van der Waals surface area contributed by atoms with Crippen molar-refractivity contribution in [3.8, 4) is 5.75 Å². The molecule has 5 nitrogen and oxygen atoms in total. The Bertz CT molecular complexity index is 588. The lowest BCUT2D eigenvalue weighted by Gasteiger charge is -2.30. The van der Waals surface area contributed by atoms with E-state index in [0.717, 1.165) is 49.4 Å². The maximum atomic E-state index is 12.0. The molecule has 0 aromatic heterocycles. The summed E-state index contributed by atoms with van der Waals surface area (Å²) in [6.07, 6.45) is 2.86. The SMILES string of the molecule is CCC(C)c1ccccc1OCC(=O)NN=C1CCN(C(C)C)CC1. The number of rotatable bonds is 7. The lowest BCUT2D eigenvalue weighted by Crippen LogP contribution is -2.39. The monoisotopic (exact) mass is 345 g/mol. The van der Waals surface area contributed by atoms with Crippen LogP contribution in [0.3, 0.4) is 0 Å². The molecule has 1 unspecified atom stereocenters. The van der Waals surface area contributed by atoms with Gasteiger partial charge in [-0.1, -0.05) is 32.0 Å². The second-order valence-corrected chi connectivity index (χ2v) is 6.98. The minimum atomic E-state index is -0.210. The Balaban J connectivity index is 1.81. The zero-order valence-corrected chi connectivity index (χ0v) is 15.9. The van der Waals surface area contributed by atoms with Crippen molar-refractivity contribution in [2.45, 2.75) is 58.9 Å². The Morgan fingerprint density at radius 3 is 2.56 bits per heavy atom. The Morgan fingerprint density at radius 1 is 1.24 bits per heavy atom. The summed E-state index contributed by atoms with van der Waals surface area (Å²) in [5.41, 5.74) is 4.84. The molecule has 5 heteroatoms. The fourth-order valence-corrected chi connectivity index (χ4v) is 2.97. The minimum absolute atomic E-state index is 0.0116. The number of likely N-dealkylation sites (tertiary alicyclic amines) is 1. The maximum absolute atomic E-state index is 12.0. The molecule has 1 heterocycles. The molecular weight excluding hydrogens is 314 g/mol. The highest BCUT2D eigenvalue weighted by atomic mass is 16.5. The van der Waals surface area contributed by atoms with Crippen LogP contribution in [-0.2, 0) is 4.79 Å². The van der Waals surface area contributed by atoms with Crippen molar-refractivity contribution in [2.24, 2.45) is 5.10 Å². The summed E-state index contributed by atoms with van der Waals surface area (Å²) in [4.78, 5) is 14.5. The van der Waals surface area contributed by atoms with Crippen LogP contribution in [0.25, 0.3) is 0 Å². The largest absolute Gasteiger partial charge is 0.483 e. The Hall–Kier alpha value is -1.88. The van der Waals surface area contributed by atoms with Gasteiger partial charge in [0.05, 0.1) is 0 Å². The predicted octanol–water partition coefficient (Wildman–Crippen LogP) is 3.56. The van der Waals surface area contributed by atoms with Crippen LogP contribution in [-0.4, -0.2) is 42.3 Å². The summed E-state index contributed by atoms with van der Waals surface area (Å²) in [5, 5.41) is 4.27. The number of benzene rings is 1. The van der Waals surface area contributed by atoms with Crippen LogP contribution < -0.4 is 10.2 Å². The molecule has 0 spiro atoms. The van der Waals surface area contributed by atoms with Gasteiger partial charge in [-0.05, 0) is 37.8 Å². The molecule has 1 amide bonds. The van der Waals surface area contributed by atoms with E-state index in [9.17, 15) is 4.79 Å². The van der Waals surface area contributed by atoms with Gasteiger partial charge in [0.1, 0.15) is 5.75 Å². The van der Waals surface area contributed by atoms with Crippen molar-refractivity contribution in [1.82, 2.24) is 10.3 Å². The first kappa shape index (κ1) is 19.4. The summed E-state index contributed by atoms with van der Waals surface area (Å²) in [5.74, 6) is 0.980. The molecule has 1 aliphatic heterocycles. The molecule has 1 atom stereocenters. The van der Waals surface area contributed by atoms with Gasteiger partial charge < -0.3 is 9.64 Å². The Labute approximate surface area is 151 Å². The summed E-state index contributed by atoms with van der Waals surface area (Å²) in [6.45, 7) is 10.7. The molecule has 138 valence electrons. The summed E-state index contributed by atoms with van der Waals surface area (Å²) in [7, 11) is 0. The Morgan fingerprint density at radius 2 is 1.92 bits per heavy atom. The topological polar surface area (TPSA) is 53.9 Å². The summed E-state index contributed by atoms with van der Waals surface area (Å²) in [6, 6.07) is 8.48. The molecule has 1 aromatic rings. The van der Waals surface area contributed by atoms with E-state index in [1.807, 2.05) is 18.2 Å². The van der Waals surface area contributed by atoms with Gasteiger partial charge in [-0.3, -0.25) is 4.79 Å². The number of nitrogens with one attached hydrogen (secondary N) is 1. The fraction of sp³-hybridized carbons (Fsp3) is 0.600. The Kier molecular flexibility index (Phi) is 7.44. The molecule has 1 aromatic carbocycles. The quantitative estimate of drug-likeness (QED) is 0.769. The van der Waals surface area contributed by atoms with Crippen LogP contribution >= 0.6 is 0 Å². The molecule has 1 N–H and O–H groups in total. The third kappa shape index (κ3) is 5.85. The molecule has 1 saturated heterocycles. The first-order valence-electron chi connectivity index (χ1n) is 9.31. The summed E-state index contributed by atoms with van der Waals surface area (Å²) < 4.78 is 5.72. The highest BCUT2D eigenvalue weighted by molar-refractivity contribution is 5.87. The van der Waals surface area contributed by atoms with Crippen LogP contribution in [0.5, 0.6) is 5.75 Å². The van der Waals surface area contributed by atoms with Gasteiger partial charge in [0, 0.05) is 37.7 Å². The zero-order valence-electron chi connectivity index (χ0n) is 15.9. The number of hydrogen-bond acceptors (Lipinski definition) is 4. The number of nitrogens with zero attached hydrogens (tertiary/aromatic N) is 2. The second-order valence-electron chi connectivity index (χ2n) is 6.98. The number of ether oxygens (including phenoxy) is 1. The molecule has 2 rings (SSSR count). The number of carbonyl (C=O) groups is 1. The zero-order chi connectivity index (χ0) is 18.2. The van der Waals surface area contributed by atoms with Crippen molar-refractivity contribution in [3.05, 3.63) is 29.8 Å². The predicted molar refractivity (Wildman–Crippen MR) is 102 cm³/mol. The van der Waals surface area contributed by atoms with Crippen LogP contribution in [0.4, 0.5) is 0 Å². The van der Waals surface area contributed by atoms with Crippen LogP contribution in [0, 0.1) is 0 Å². The van der Waals surface area contributed by atoms with E-state index in [2.05, 4.69) is 49.2 Å². The number of para-hydroxylation sites is 1. The van der Waals surface area contributed by atoms with E-state index >= 15 is 0 Å². The third-order valence-corrected chi connectivity index (χ3v) is 4.87. The summed E-state index contributed by atoms with van der Waals surface area (Å²) >= 11 is 0. The number of carbonyl (C=O) groups excluding carboxylic acids is 1. The molecule has 0 aliphatic carbocycles. The van der Waals surface area contributed by atoms with Gasteiger partial charge in [0.25, 0.3) is 5.91 Å². The highest BCUT2D eigenvalue weighted by Crippen LogP contribution is 2.28. The van der Waals surface area contributed by atoms with Crippen molar-refractivity contribution in [1.29, 1.82) is 0 Å². The lowest BCUT2D eigenvalue weighted by molar-refractivity contribution is -0.123. The van der Waals surface area contributed by atoms with E-state index < -0.39 is 0 Å². The average molecular weight is 345 g/mol. The van der Waals surface area contributed by atoms with Gasteiger partial charge in [-0.2, -0.15) is 5.10 Å². The van der Waals surface area contributed by atoms with Crippen molar-refractivity contribution >= 4 is 11.6 Å². The molecule has 25 heavy (non-hydrogen) atoms. The van der Waals surface area contributed by atoms with Gasteiger partial charge in [-0.15, -0.1) is 0 Å². The van der Waals surface area contributed by atoms with E-state index in [1.54, 1.807) is 0 Å². The minimum Gasteiger partial charge on any atom is -0.483 e. The molecule has 0 bridgehead atoms. The number of hydrogen-bond donors (Lipinski definition) is 1. The van der Waals surface area contributed by atoms with Crippen LogP contribution in [0.1, 0.15) is 58.4 Å². The molecule has 1 fully saturated rings. The molecule has 1 aliphatic rings. The lowest BCUT2D eigenvalue weighted by atomic mass is 9.98. The fourth-order valence-electron chi connectivity index (χ4n) is 2.97. The van der Waals surface area contributed by atoms with E-state index in [1.165, 1.54) is 0 Å². The first-order valence-corrected chi connectivity index (χ1v) is 9.31. The van der Waals surface area contributed by atoms with E-state index in [-0.39, 0.29) is 12.5 Å².